The molecule has 6 nitrogen and oxygen atoms in total. The van der Waals surface area contributed by atoms with Crippen molar-refractivity contribution >= 4 is 27.4 Å². The molecule has 1 aliphatic rings. The zero-order valence-electron chi connectivity index (χ0n) is 13.9. The maximum absolute atomic E-state index is 11.0. The Balaban J connectivity index is 1.60. The first kappa shape index (κ1) is 15.5. The number of anilines is 1. The molecule has 0 aromatic carbocycles. The standard InChI is InChI=1S/C17H21N5OS/c1-3-12-10-13-15(18-11-19-16(13)24-12)22-8-5-17(23,6-9-22)14-4-7-20-21(14)2/h4,7,10-11,23H,3,5-6,8-9H2,1-2H3. The third kappa shape index (κ3) is 2.48. The summed E-state index contributed by atoms with van der Waals surface area (Å²) in [6.07, 6.45) is 5.74. The molecular weight excluding hydrogens is 322 g/mol. The largest absolute Gasteiger partial charge is 0.383 e. The van der Waals surface area contributed by atoms with Crippen molar-refractivity contribution in [1.82, 2.24) is 19.7 Å². The fourth-order valence-electron chi connectivity index (χ4n) is 3.49. The number of hydrogen-bond acceptors (Lipinski definition) is 6. The lowest BCUT2D eigenvalue weighted by molar-refractivity contribution is 0.00407. The van der Waals surface area contributed by atoms with Gasteiger partial charge in [0, 0.05) is 31.2 Å². The lowest BCUT2D eigenvalue weighted by Crippen LogP contribution is -2.44. The number of aryl methyl sites for hydroxylation is 2. The van der Waals surface area contributed by atoms with Gasteiger partial charge in [-0.3, -0.25) is 4.68 Å². The zero-order chi connectivity index (χ0) is 16.7. The van der Waals surface area contributed by atoms with Crippen LogP contribution in [0, 0.1) is 0 Å². The third-order valence-electron chi connectivity index (χ3n) is 4.90. The molecule has 7 heteroatoms. The molecule has 126 valence electrons. The van der Waals surface area contributed by atoms with E-state index < -0.39 is 5.60 Å². The molecule has 4 rings (SSSR count). The van der Waals surface area contributed by atoms with E-state index in [0.717, 1.165) is 41.2 Å². The summed E-state index contributed by atoms with van der Waals surface area (Å²) in [6.45, 7) is 3.70. The number of hydrogen-bond donors (Lipinski definition) is 1. The van der Waals surface area contributed by atoms with Crippen LogP contribution >= 0.6 is 11.3 Å². The van der Waals surface area contributed by atoms with Gasteiger partial charge in [0.25, 0.3) is 0 Å². The van der Waals surface area contributed by atoms with E-state index in [2.05, 4.69) is 33.0 Å². The summed E-state index contributed by atoms with van der Waals surface area (Å²) in [7, 11) is 1.88. The number of aromatic nitrogens is 4. The van der Waals surface area contributed by atoms with E-state index in [1.54, 1.807) is 28.5 Å². The minimum Gasteiger partial charge on any atom is -0.383 e. The van der Waals surface area contributed by atoms with E-state index in [4.69, 9.17) is 0 Å². The molecule has 3 aromatic heterocycles. The van der Waals surface area contributed by atoms with Crippen molar-refractivity contribution in [2.24, 2.45) is 7.05 Å². The van der Waals surface area contributed by atoms with Crippen LogP contribution < -0.4 is 4.90 Å². The van der Waals surface area contributed by atoms with Crippen LogP contribution in [0.5, 0.6) is 0 Å². The van der Waals surface area contributed by atoms with Crippen molar-refractivity contribution in [2.45, 2.75) is 31.8 Å². The van der Waals surface area contributed by atoms with Gasteiger partial charge in [-0.15, -0.1) is 11.3 Å². The van der Waals surface area contributed by atoms with Crippen molar-refractivity contribution in [1.29, 1.82) is 0 Å². The molecule has 0 bridgehead atoms. The smallest absolute Gasteiger partial charge is 0.140 e. The van der Waals surface area contributed by atoms with Gasteiger partial charge in [0.15, 0.2) is 0 Å². The molecule has 0 saturated carbocycles. The van der Waals surface area contributed by atoms with Crippen molar-refractivity contribution in [2.75, 3.05) is 18.0 Å². The van der Waals surface area contributed by atoms with Gasteiger partial charge in [-0.1, -0.05) is 6.92 Å². The summed E-state index contributed by atoms with van der Waals surface area (Å²) >= 11 is 1.74. The van der Waals surface area contributed by atoms with Gasteiger partial charge in [0.2, 0.25) is 0 Å². The highest BCUT2D eigenvalue weighted by Crippen LogP contribution is 2.36. The van der Waals surface area contributed by atoms with Gasteiger partial charge in [-0.05, 0) is 31.4 Å². The monoisotopic (exact) mass is 343 g/mol. The number of piperidine rings is 1. The molecule has 24 heavy (non-hydrogen) atoms. The minimum atomic E-state index is -0.808. The first-order chi connectivity index (χ1) is 11.6. The zero-order valence-corrected chi connectivity index (χ0v) is 14.8. The molecule has 0 radical (unpaired) electrons. The molecule has 0 amide bonds. The highest BCUT2D eigenvalue weighted by Gasteiger charge is 2.36. The summed E-state index contributed by atoms with van der Waals surface area (Å²) in [5, 5.41) is 16.3. The fourth-order valence-corrected chi connectivity index (χ4v) is 4.42. The average Bonchev–Trinajstić information content (AvgIpc) is 3.21. The Morgan fingerprint density at radius 1 is 1.29 bits per heavy atom. The average molecular weight is 343 g/mol. The van der Waals surface area contributed by atoms with Crippen LogP contribution in [0.3, 0.4) is 0 Å². The fraction of sp³-hybridized carbons (Fsp3) is 0.471. The summed E-state index contributed by atoms with van der Waals surface area (Å²) < 4.78 is 1.77. The van der Waals surface area contributed by atoms with Crippen molar-refractivity contribution in [3.63, 3.8) is 0 Å². The van der Waals surface area contributed by atoms with Crippen molar-refractivity contribution in [3.05, 3.63) is 35.2 Å². The Labute approximate surface area is 144 Å². The number of fused-ring (bicyclic) bond motifs is 1. The number of thiophene rings is 1. The Morgan fingerprint density at radius 2 is 2.08 bits per heavy atom. The molecular formula is C17H21N5OS. The van der Waals surface area contributed by atoms with Crippen LogP contribution in [0.25, 0.3) is 10.2 Å². The molecule has 4 heterocycles. The SMILES string of the molecule is CCc1cc2c(N3CCC(O)(c4ccnn4C)CC3)ncnc2s1. The highest BCUT2D eigenvalue weighted by atomic mass is 32.1. The van der Waals surface area contributed by atoms with E-state index in [1.165, 1.54) is 4.88 Å². The molecule has 0 aliphatic carbocycles. The minimum absolute atomic E-state index is 0.669. The molecule has 3 aromatic rings. The van der Waals surface area contributed by atoms with E-state index in [9.17, 15) is 5.11 Å². The quantitative estimate of drug-likeness (QED) is 0.791. The van der Waals surface area contributed by atoms with E-state index in [-0.39, 0.29) is 0 Å². The second-order valence-corrected chi connectivity index (χ2v) is 7.46. The number of aliphatic hydroxyl groups is 1. The van der Waals surface area contributed by atoms with E-state index in [1.807, 2.05) is 13.1 Å². The van der Waals surface area contributed by atoms with Crippen LogP contribution in [0.1, 0.15) is 30.3 Å². The predicted molar refractivity (Wildman–Crippen MR) is 95.3 cm³/mol. The predicted octanol–water partition coefficient (Wildman–Crippen LogP) is 2.48. The summed E-state index contributed by atoms with van der Waals surface area (Å²) in [6, 6.07) is 4.11. The van der Waals surface area contributed by atoms with Gasteiger partial charge in [-0.25, -0.2) is 9.97 Å². The van der Waals surface area contributed by atoms with Crippen LogP contribution in [-0.2, 0) is 19.1 Å². The summed E-state index contributed by atoms with van der Waals surface area (Å²) in [4.78, 5) is 13.6. The number of nitrogens with zero attached hydrogens (tertiary/aromatic N) is 5. The molecule has 1 aliphatic heterocycles. The van der Waals surface area contributed by atoms with Crippen LogP contribution in [0.15, 0.2) is 24.7 Å². The Kier molecular flexibility index (Phi) is 3.77. The molecule has 0 atom stereocenters. The van der Waals surface area contributed by atoms with E-state index in [0.29, 0.717) is 12.8 Å². The maximum atomic E-state index is 11.0. The van der Waals surface area contributed by atoms with Crippen molar-refractivity contribution in [3.8, 4) is 0 Å². The normalized spacial score (nSPS) is 17.5. The Hall–Kier alpha value is -1.99. The summed E-state index contributed by atoms with van der Waals surface area (Å²) in [5.41, 5.74) is 0.0794. The molecule has 1 N–H and O–H groups in total. The van der Waals surface area contributed by atoms with Gasteiger partial charge in [0.1, 0.15) is 22.6 Å². The lowest BCUT2D eigenvalue weighted by atomic mass is 9.88. The van der Waals surface area contributed by atoms with Crippen LogP contribution in [0.4, 0.5) is 5.82 Å². The second-order valence-electron chi connectivity index (χ2n) is 6.34. The molecule has 1 saturated heterocycles. The molecule has 1 fully saturated rings. The number of rotatable bonds is 3. The van der Waals surface area contributed by atoms with Gasteiger partial charge >= 0.3 is 0 Å². The Bertz CT molecular complexity index is 863. The summed E-state index contributed by atoms with van der Waals surface area (Å²) in [5.74, 6) is 0.989. The van der Waals surface area contributed by atoms with Gasteiger partial charge < -0.3 is 10.0 Å². The third-order valence-corrected chi connectivity index (χ3v) is 6.08. The van der Waals surface area contributed by atoms with Crippen molar-refractivity contribution < 1.29 is 5.11 Å². The maximum Gasteiger partial charge on any atom is 0.140 e. The van der Waals surface area contributed by atoms with Crippen LogP contribution in [0.2, 0.25) is 0 Å². The molecule has 0 unspecified atom stereocenters. The topological polar surface area (TPSA) is 67.1 Å². The van der Waals surface area contributed by atoms with Crippen LogP contribution in [-0.4, -0.2) is 37.9 Å². The second kappa shape index (κ2) is 5.82. The Morgan fingerprint density at radius 3 is 2.75 bits per heavy atom. The highest BCUT2D eigenvalue weighted by molar-refractivity contribution is 7.18. The lowest BCUT2D eigenvalue weighted by Gasteiger charge is -2.38. The van der Waals surface area contributed by atoms with Gasteiger partial charge in [0.05, 0.1) is 11.1 Å². The first-order valence-corrected chi connectivity index (χ1v) is 9.11. The van der Waals surface area contributed by atoms with Gasteiger partial charge in [-0.2, -0.15) is 5.10 Å². The van der Waals surface area contributed by atoms with E-state index >= 15 is 0 Å². The first-order valence-electron chi connectivity index (χ1n) is 8.30. The molecule has 0 spiro atoms.